The number of halogens is 1. The SMILES string of the molecule is Cc1ccccc1CCC(=O)N1CCc2ncsc2C1c1cc(Cl)ccc1OCC(=O)O. The standard InChI is InChI=1S/C24H23ClN2O4S/c1-15-4-2-3-5-16(15)6-9-21(28)27-11-10-19-24(32-14-26-19)23(27)18-12-17(25)7-8-20(18)31-13-22(29)30/h2-5,7-8,12,14,23H,6,9-11,13H2,1H3,(H,29,30). The molecule has 8 heteroatoms. The van der Waals surface area contributed by atoms with Crippen LogP contribution in [0.2, 0.25) is 5.02 Å². The summed E-state index contributed by atoms with van der Waals surface area (Å²) in [7, 11) is 0. The summed E-state index contributed by atoms with van der Waals surface area (Å²) in [5, 5.41) is 9.56. The van der Waals surface area contributed by atoms with Crippen molar-refractivity contribution in [1.82, 2.24) is 9.88 Å². The van der Waals surface area contributed by atoms with Gasteiger partial charge < -0.3 is 14.7 Å². The second kappa shape index (κ2) is 9.71. The second-order valence-electron chi connectivity index (χ2n) is 7.69. The van der Waals surface area contributed by atoms with Gasteiger partial charge in [0.05, 0.1) is 22.1 Å². The van der Waals surface area contributed by atoms with Crippen LogP contribution in [-0.4, -0.2) is 40.0 Å². The highest BCUT2D eigenvalue weighted by atomic mass is 35.5. The molecule has 1 unspecified atom stereocenters. The van der Waals surface area contributed by atoms with Crippen molar-refractivity contribution in [2.24, 2.45) is 0 Å². The first-order chi connectivity index (χ1) is 15.4. The summed E-state index contributed by atoms with van der Waals surface area (Å²) in [6.45, 7) is 2.10. The number of carbonyl (C=O) groups excluding carboxylic acids is 1. The molecule has 0 fully saturated rings. The Morgan fingerprint density at radius 2 is 2.09 bits per heavy atom. The minimum Gasteiger partial charge on any atom is -0.482 e. The van der Waals surface area contributed by atoms with Crippen LogP contribution in [-0.2, 0) is 22.4 Å². The number of aliphatic carboxylic acids is 1. The Hall–Kier alpha value is -2.90. The van der Waals surface area contributed by atoms with Crippen LogP contribution in [0.4, 0.5) is 0 Å². The number of nitrogens with zero attached hydrogens (tertiary/aromatic N) is 2. The largest absolute Gasteiger partial charge is 0.482 e. The number of amides is 1. The molecule has 166 valence electrons. The number of aryl methyl sites for hydroxylation is 2. The van der Waals surface area contributed by atoms with Crippen LogP contribution in [0.3, 0.4) is 0 Å². The molecule has 0 aliphatic carbocycles. The third-order valence-electron chi connectivity index (χ3n) is 5.63. The topological polar surface area (TPSA) is 79.7 Å². The number of rotatable bonds is 7. The van der Waals surface area contributed by atoms with E-state index in [2.05, 4.69) is 4.98 Å². The van der Waals surface area contributed by atoms with Crippen molar-refractivity contribution in [3.63, 3.8) is 0 Å². The quantitative estimate of drug-likeness (QED) is 0.542. The molecule has 1 amide bonds. The zero-order valence-corrected chi connectivity index (χ0v) is 19.2. The number of aromatic nitrogens is 1. The van der Waals surface area contributed by atoms with E-state index in [1.165, 1.54) is 16.9 Å². The summed E-state index contributed by atoms with van der Waals surface area (Å²) in [4.78, 5) is 31.8. The minimum atomic E-state index is -1.07. The van der Waals surface area contributed by atoms with Gasteiger partial charge in [-0.2, -0.15) is 0 Å². The fourth-order valence-electron chi connectivity index (χ4n) is 4.04. The predicted molar refractivity (Wildman–Crippen MR) is 123 cm³/mol. The van der Waals surface area contributed by atoms with Crippen molar-refractivity contribution in [2.75, 3.05) is 13.2 Å². The minimum absolute atomic E-state index is 0.0291. The van der Waals surface area contributed by atoms with Gasteiger partial charge in [-0.15, -0.1) is 11.3 Å². The maximum Gasteiger partial charge on any atom is 0.341 e. The summed E-state index contributed by atoms with van der Waals surface area (Å²) in [5.74, 6) is -0.639. The zero-order valence-electron chi connectivity index (χ0n) is 17.6. The first-order valence-corrected chi connectivity index (χ1v) is 11.6. The maximum absolute atomic E-state index is 13.4. The van der Waals surface area contributed by atoms with E-state index < -0.39 is 18.6 Å². The van der Waals surface area contributed by atoms with Crippen LogP contribution in [0, 0.1) is 6.92 Å². The monoisotopic (exact) mass is 470 g/mol. The van der Waals surface area contributed by atoms with Crippen LogP contribution in [0.5, 0.6) is 5.75 Å². The van der Waals surface area contributed by atoms with Gasteiger partial charge in [0.2, 0.25) is 5.91 Å². The molecule has 4 rings (SSSR count). The molecule has 0 bridgehead atoms. The van der Waals surface area contributed by atoms with Gasteiger partial charge >= 0.3 is 5.97 Å². The molecular weight excluding hydrogens is 448 g/mol. The summed E-state index contributed by atoms with van der Waals surface area (Å²) in [6.07, 6.45) is 1.71. The Labute approximate surface area is 195 Å². The lowest BCUT2D eigenvalue weighted by atomic mass is 9.95. The molecule has 1 N–H and O–H groups in total. The maximum atomic E-state index is 13.4. The van der Waals surface area contributed by atoms with Crippen LogP contribution in [0.25, 0.3) is 0 Å². The number of ether oxygens (including phenoxy) is 1. The first-order valence-electron chi connectivity index (χ1n) is 10.3. The molecule has 6 nitrogen and oxygen atoms in total. The van der Waals surface area contributed by atoms with Gasteiger partial charge in [0, 0.05) is 30.0 Å². The lowest BCUT2D eigenvalue weighted by Gasteiger charge is -2.36. The Morgan fingerprint density at radius 3 is 2.88 bits per heavy atom. The number of carbonyl (C=O) groups is 2. The first kappa shape index (κ1) is 22.3. The summed E-state index contributed by atoms with van der Waals surface area (Å²) >= 11 is 7.78. The molecule has 0 saturated carbocycles. The molecule has 0 spiro atoms. The summed E-state index contributed by atoms with van der Waals surface area (Å²) in [6, 6.07) is 12.7. The van der Waals surface area contributed by atoms with Gasteiger partial charge in [-0.3, -0.25) is 4.79 Å². The molecule has 2 aromatic carbocycles. The fourth-order valence-corrected chi connectivity index (χ4v) is 5.19. The third-order valence-corrected chi connectivity index (χ3v) is 6.79. The van der Waals surface area contributed by atoms with Gasteiger partial charge in [0.25, 0.3) is 0 Å². The van der Waals surface area contributed by atoms with E-state index in [4.69, 9.17) is 21.4 Å². The highest BCUT2D eigenvalue weighted by Crippen LogP contribution is 2.42. The van der Waals surface area contributed by atoms with Crippen molar-refractivity contribution >= 4 is 34.8 Å². The predicted octanol–water partition coefficient (Wildman–Crippen LogP) is 4.68. The third kappa shape index (κ3) is 4.79. The number of carboxylic acid groups (broad SMARTS) is 1. The fraction of sp³-hybridized carbons (Fsp3) is 0.292. The van der Waals surface area contributed by atoms with Gasteiger partial charge in [-0.25, -0.2) is 9.78 Å². The average molecular weight is 471 g/mol. The molecular formula is C24H23ClN2O4S. The average Bonchev–Trinajstić information content (AvgIpc) is 3.25. The van der Waals surface area contributed by atoms with Crippen LogP contribution in [0.1, 0.15) is 39.7 Å². The van der Waals surface area contributed by atoms with E-state index in [0.717, 1.165) is 16.1 Å². The number of thiazole rings is 1. The van der Waals surface area contributed by atoms with Gasteiger partial charge in [0.1, 0.15) is 5.75 Å². The number of hydrogen-bond acceptors (Lipinski definition) is 5. The normalized spacial score (nSPS) is 15.3. The van der Waals surface area contributed by atoms with Crippen molar-refractivity contribution in [1.29, 1.82) is 0 Å². The van der Waals surface area contributed by atoms with Crippen LogP contribution >= 0.6 is 22.9 Å². The highest BCUT2D eigenvalue weighted by molar-refractivity contribution is 7.09. The van der Waals surface area contributed by atoms with Crippen LogP contribution in [0.15, 0.2) is 48.0 Å². The Kier molecular flexibility index (Phi) is 6.77. The molecule has 1 aromatic heterocycles. The van der Waals surface area contributed by atoms with E-state index in [1.54, 1.807) is 23.7 Å². The molecule has 32 heavy (non-hydrogen) atoms. The van der Waals surface area contributed by atoms with Gasteiger partial charge in [-0.05, 0) is 42.7 Å². The Balaban J connectivity index is 1.66. The van der Waals surface area contributed by atoms with Crippen molar-refractivity contribution in [2.45, 2.75) is 32.2 Å². The van der Waals surface area contributed by atoms with Gasteiger partial charge in [0.15, 0.2) is 6.61 Å². The summed E-state index contributed by atoms with van der Waals surface area (Å²) < 4.78 is 5.56. The van der Waals surface area contributed by atoms with Gasteiger partial charge in [-0.1, -0.05) is 35.9 Å². The van der Waals surface area contributed by atoms with E-state index in [0.29, 0.717) is 42.1 Å². The molecule has 0 saturated heterocycles. The number of carboxylic acids is 1. The lowest BCUT2D eigenvalue weighted by Crippen LogP contribution is -2.40. The van der Waals surface area contributed by atoms with Crippen LogP contribution < -0.4 is 4.74 Å². The number of hydrogen-bond donors (Lipinski definition) is 1. The molecule has 1 aliphatic rings. The molecule has 3 aromatic rings. The van der Waals surface area contributed by atoms with E-state index in [1.807, 2.05) is 36.1 Å². The van der Waals surface area contributed by atoms with Crippen molar-refractivity contribution in [3.8, 4) is 5.75 Å². The van der Waals surface area contributed by atoms with E-state index >= 15 is 0 Å². The van der Waals surface area contributed by atoms with E-state index in [9.17, 15) is 9.59 Å². The Bertz CT molecular complexity index is 1150. The zero-order chi connectivity index (χ0) is 22.7. The lowest BCUT2D eigenvalue weighted by molar-refractivity contribution is -0.139. The smallest absolute Gasteiger partial charge is 0.341 e. The second-order valence-corrected chi connectivity index (χ2v) is 9.02. The molecule has 0 radical (unpaired) electrons. The molecule has 1 atom stereocenters. The van der Waals surface area contributed by atoms with Crippen molar-refractivity contribution in [3.05, 3.63) is 80.3 Å². The summed E-state index contributed by atoms with van der Waals surface area (Å²) in [5.41, 5.74) is 5.72. The molecule has 2 heterocycles. The van der Waals surface area contributed by atoms with Crippen molar-refractivity contribution < 1.29 is 19.4 Å². The number of benzene rings is 2. The number of fused-ring (bicyclic) bond motifs is 1. The Morgan fingerprint density at radius 1 is 1.28 bits per heavy atom. The highest BCUT2D eigenvalue weighted by Gasteiger charge is 2.35. The molecule has 1 aliphatic heterocycles. The van der Waals surface area contributed by atoms with E-state index in [-0.39, 0.29) is 5.91 Å².